The molecule has 1 aliphatic heterocycles. The highest BCUT2D eigenvalue weighted by Crippen LogP contribution is 2.25. The van der Waals surface area contributed by atoms with Crippen LogP contribution in [0.3, 0.4) is 0 Å². The van der Waals surface area contributed by atoms with E-state index in [0.29, 0.717) is 19.3 Å². The molecule has 1 aromatic heterocycles. The molecule has 1 fully saturated rings. The normalized spacial score (nSPS) is 18.9. The first kappa shape index (κ1) is 14.0. The van der Waals surface area contributed by atoms with Gasteiger partial charge in [-0.15, -0.1) is 0 Å². The Labute approximate surface area is 113 Å². The number of aryl methyl sites for hydroxylation is 1. The van der Waals surface area contributed by atoms with Gasteiger partial charge in [0.1, 0.15) is 11.7 Å². The minimum atomic E-state index is -1.10. The number of likely N-dealkylation sites (tertiary alicyclic amines) is 1. The molecule has 0 aliphatic carbocycles. The van der Waals surface area contributed by atoms with Gasteiger partial charge in [0.15, 0.2) is 0 Å². The van der Waals surface area contributed by atoms with Gasteiger partial charge in [-0.1, -0.05) is 0 Å². The van der Waals surface area contributed by atoms with Crippen LogP contribution in [0.1, 0.15) is 35.4 Å². The van der Waals surface area contributed by atoms with Crippen LogP contribution in [0, 0.1) is 17.0 Å². The number of carboxylic acids is 1. The number of amides is 1. The molecule has 9 heteroatoms. The van der Waals surface area contributed by atoms with E-state index in [4.69, 9.17) is 5.11 Å². The van der Waals surface area contributed by atoms with Crippen molar-refractivity contribution in [2.24, 2.45) is 0 Å². The number of nitrogens with one attached hydrogen (secondary N) is 1. The van der Waals surface area contributed by atoms with E-state index < -0.39 is 28.5 Å². The lowest BCUT2D eigenvalue weighted by Crippen LogP contribution is -2.48. The van der Waals surface area contributed by atoms with Crippen LogP contribution in [0.2, 0.25) is 0 Å². The summed E-state index contributed by atoms with van der Waals surface area (Å²) in [6, 6.07) is -0.951. The monoisotopic (exact) mass is 282 g/mol. The molecular weight excluding hydrogens is 268 g/mol. The molecule has 0 radical (unpaired) electrons. The predicted octanol–water partition coefficient (Wildman–Crippen LogP) is 0.706. The highest BCUT2D eigenvalue weighted by molar-refractivity contribution is 5.98. The van der Waals surface area contributed by atoms with Gasteiger partial charge in [0.2, 0.25) is 5.69 Å². The number of aromatic nitrogens is 2. The molecule has 1 amide bonds. The number of nitrogens with zero attached hydrogens (tertiary/aromatic N) is 3. The van der Waals surface area contributed by atoms with Gasteiger partial charge in [-0.25, -0.2) is 4.79 Å². The van der Waals surface area contributed by atoms with E-state index in [-0.39, 0.29) is 17.9 Å². The highest BCUT2D eigenvalue weighted by atomic mass is 16.6. The first-order valence-corrected chi connectivity index (χ1v) is 6.16. The molecule has 9 nitrogen and oxygen atoms in total. The Morgan fingerprint density at radius 2 is 2.20 bits per heavy atom. The number of aliphatic carboxylic acids is 1. The molecule has 0 saturated carbocycles. The maximum absolute atomic E-state index is 12.3. The second-order valence-electron chi connectivity index (χ2n) is 4.65. The fraction of sp³-hybridized carbons (Fsp3) is 0.545. The first-order chi connectivity index (χ1) is 9.43. The third-order valence-corrected chi connectivity index (χ3v) is 3.35. The average molecular weight is 282 g/mol. The molecule has 0 bridgehead atoms. The molecule has 1 saturated heterocycles. The smallest absolute Gasteiger partial charge is 0.326 e. The fourth-order valence-corrected chi connectivity index (χ4v) is 2.36. The lowest BCUT2D eigenvalue weighted by Gasteiger charge is -2.32. The number of carboxylic acid groups (broad SMARTS) is 1. The van der Waals surface area contributed by atoms with Crippen molar-refractivity contribution < 1.29 is 19.6 Å². The Balaban J connectivity index is 2.35. The average Bonchev–Trinajstić information content (AvgIpc) is 2.79. The molecule has 1 aromatic rings. The van der Waals surface area contributed by atoms with Crippen LogP contribution in [0.15, 0.2) is 0 Å². The lowest BCUT2D eigenvalue weighted by molar-refractivity contribution is -0.385. The molecule has 0 aromatic carbocycles. The molecule has 20 heavy (non-hydrogen) atoms. The van der Waals surface area contributed by atoms with Gasteiger partial charge in [0, 0.05) is 6.54 Å². The van der Waals surface area contributed by atoms with Gasteiger partial charge in [0.05, 0.1) is 4.92 Å². The van der Waals surface area contributed by atoms with E-state index in [1.807, 2.05) is 0 Å². The topological polar surface area (TPSA) is 129 Å². The molecular formula is C11H14N4O5. The van der Waals surface area contributed by atoms with E-state index in [1.165, 1.54) is 6.92 Å². The van der Waals surface area contributed by atoms with E-state index in [0.717, 1.165) is 4.90 Å². The van der Waals surface area contributed by atoms with Crippen molar-refractivity contribution >= 4 is 17.6 Å². The molecule has 0 spiro atoms. The molecule has 1 atom stereocenters. The van der Waals surface area contributed by atoms with Crippen molar-refractivity contribution in [3.05, 3.63) is 21.5 Å². The summed E-state index contributed by atoms with van der Waals surface area (Å²) in [7, 11) is 0. The van der Waals surface area contributed by atoms with Gasteiger partial charge in [-0.3, -0.25) is 20.0 Å². The molecule has 2 N–H and O–H groups in total. The van der Waals surface area contributed by atoms with Crippen molar-refractivity contribution in [1.29, 1.82) is 0 Å². The molecule has 1 aliphatic rings. The lowest BCUT2D eigenvalue weighted by atomic mass is 10.0. The van der Waals surface area contributed by atoms with E-state index in [1.54, 1.807) is 0 Å². The highest BCUT2D eigenvalue weighted by Gasteiger charge is 2.37. The summed E-state index contributed by atoms with van der Waals surface area (Å²) in [5.74, 6) is -1.82. The predicted molar refractivity (Wildman–Crippen MR) is 66.3 cm³/mol. The zero-order valence-electron chi connectivity index (χ0n) is 10.8. The Morgan fingerprint density at radius 3 is 2.80 bits per heavy atom. The zero-order valence-corrected chi connectivity index (χ0v) is 10.8. The number of piperidine rings is 1. The Hall–Kier alpha value is -2.45. The fourth-order valence-electron chi connectivity index (χ4n) is 2.36. The van der Waals surface area contributed by atoms with Crippen LogP contribution in [0.25, 0.3) is 0 Å². The summed E-state index contributed by atoms with van der Waals surface area (Å²) in [5.41, 5.74) is -0.562. The second kappa shape index (κ2) is 5.27. The maximum Gasteiger partial charge on any atom is 0.326 e. The molecule has 108 valence electrons. The summed E-state index contributed by atoms with van der Waals surface area (Å²) in [6.07, 6.45) is 1.73. The summed E-state index contributed by atoms with van der Waals surface area (Å²) in [6.45, 7) is 1.70. The van der Waals surface area contributed by atoms with Crippen molar-refractivity contribution in [3.8, 4) is 0 Å². The van der Waals surface area contributed by atoms with Crippen LogP contribution in [0.4, 0.5) is 5.69 Å². The quantitative estimate of drug-likeness (QED) is 0.620. The van der Waals surface area contributed by atoms with Crippen LogP contribution in [0.5, 0.6) is 0 Å². The number of nitro groups is 1. The van der Waals surface area contributed by atoms with Crippen LogP contribution >= 0.6 is 0 Å². The Bertz CT molecular complexity index is 567. The largest absolute Gasteiger partial charge is 0.480 e. The maximum atomic E-state index is 12.3. The summed E-state index contributed by atoms with van der Waals surface area (Å²) in [5, 5.41) is 26.1. The minimum Gasteiger partial charge on any atom is -0.480 e. The Morgan fingerprint density at radius 1 is 1.50 bits per heavy atom. The van der Waals surface area contributed by atoms with Gasteiger partial charge in [-0.05, 0) is 26.2 Å². The van der Waals surface area contributed by atoms with Crippen molar-refractivity contribution in [1.82, 2.24) is 15.1 Å². The van der Waals surface area contributed by atoms with Crippen molar-refractivity contribution in [2.45, 2.75) is 32.2 Å². The van der Waals surface area contributed by atoms with Gasteiger partial charge in [-0.2, -0.15) is 5.10 Å². The number of carbonyl (C=O) groups is 2. The summed E-state index contributed by atoms with van der Waals surface area (Å²) in [4.78, 5) is 34.9. The molecule has 2 rings (SSSR count). The van der Waals surface area contributed by atoms with Crippen LogP contribution in [-0.4, -0.2) is 49.6 Å². The second-order valence-corrected chi connectivity index (χ2v) is 4.65. The van der Waals surface area contributed by atoms with E-state index >= 15 is 0 Å². The van der Waals surface area contributed by atoms with Crippen LogP contribution < -0.4 is 0 Å². The summed E-state index contributed by atoms with van der Waals surface area (Å²) < 4.78 is 0. The number of aromatic amines is 1. The molecule has 1 unspecified atom stereocenters. The van der Waals surface area contributed by atoms with E-state index in [2.05, 4.69) is 10.2 Å². The molecule has 2 heterocycles. The Kier molecular flexibility index (Phi) is 3.68. The number of H-pyrrole nitrogens is 1. The van der Waals surface area contributed by atoms with Gasteiger partial charge in [0.25, 0.3) is 5.91 Å². The number of carbonyl (C=O) groups excluding carboxylic acids is 1. The van der Waals surface area contributed by atoms with E-state index in [9.17, 15) is 19.7 Å². The standard InChI is InChI=1S/C11H14N4O5/c1-6-9(15(19)20)8(13-12-6)10(16)14-5-3-2-4-7(14)11(17)18/h7H,2-5H2,1H3,(H,12,13)(H,17,18). The third kappa shape index (κ3) is 2.33. The van der Waals surface area contributed by atoms with Gasteiger partial charge >= 0.3 is 11.7 Å². The first-order valence-electron chi connectivity index (χ1n) is 6.16. The van der Waals surface area contributed by atoms with Crippen molar-refractivity contribution in [2.75, 3.05) is 6.54 Å². The SMILES string of the molecule is Cc1[nH]nc(C(=O)N2CCCCC2C(=O)O)c1[N+](=O)[O-]. The third-order valence-electron chi connectivity index (χ3n) is 3.35. The number of hydrogen-bond acceptors (Lipinski definition) is 5. The zero-order chi connectivity index (χ0) is 14.9. The summed E-state index contributed by atoms with van der Waals surface area (Å²) >= 11 is 0. The van der Waals surface area contributed by atoms with Crippen LogP contribution in [-0.2, 0) is 4.79 Å². The number of hydrogen-bond donors (Lipinski definition) is 2. The van der Waals surface area contributed by atoms with Gasteiger partial charge < -0.3 is 10.0 Å². The minimum absolute atomic E-state index is 0.169. The number of rotatable bonds is 3. The van der Waals surface area contributed by atoms with Crippen molar-refractivity contribution in [3.63, 3.8) is 0 Å².